The maximum Gasteiger partial charge on any atom is 0.420 e. The molecule has 2 aromatic heterocycles. The number of oxazole rings is 1. The third kappa shape index (κ3) is 4.44. The van der Waals surface area contributed by atoms with Gasteiger partial charge in [-0.1, -0.05) is 0 Å². The molecule has 1 saturated heterocycles. The second-order valence-corrected chi connectivity index (χ2v) is 8.27. The number of rotatable bonds is 5. The third-order valence-electron chi connectivity index (χ3n) is 5.16. The molecular formula is C20H21BrN6O5. The normalized spacial score (nSPS) is 13.9. The number of amides is 3. The van der Waals surface area contributed by atoms with Crippen molar-refractivity contribution in [3.05, 3.63) is 38.9 Å². The Bertz CT molecular complexity index is 1250. The summed E-state index contributed by atoms with van der Waals surface area (Å²) in [5.41, 5.74) is 1.22. The summed E-state index contributed by atoms with van der Waals surface area (Å²) >= 11 is 3.24. The SMILES string of the molecule is CC(=O)Nc1n[nH]c(C(=O)Nc2ccc3oc(=O)n(CC(=O)N4CCCCC4)c3c2)c1Br. The largest absolute Gasteiger partial charge is 0.420 e. The van der Waals surface area contributed by atoms with Crippen molar-refractivity contribution in [2.75, 3.05) is 23.7 Å². The van der Waals surface area contributed by atoms with Gasteiger partial charge >= 0.3 is 5.76 Å². The van der Waals surface area contributed by atoms with Gasteiger partial charge < -0.3 is 20.0 Å². The number of anilines is 2. The Balaban J connectivity index is 1.55. The Morgan fingerprint density at radius 1 is 1.19 bits per heavy atom. The van der Waals surface area contributed by atoms with Crippen LogP contribution in [-0.2, 0) is 16.1 Å². The van der Waals surface area contributed by atoms with E-state index in [1.807, 2.05) is 0 Å². The summed E-state index contributed by atoms with van der Waals surface area (Å²) in [5.74, 6) is -1.42. The van der Waals surface area contributed by atoms with Gasteiger partial charge in [-0.2, -0.15) is 5.10 Å². The number of carbonyl (C=O) groups is 3. The van der Waals surface area contributed by atoms with E-state index in [-0.39, 0.29) is 29.9 Å². The molecule has 4 rings (SSSR count). The summed E-state index contributed by atoms with van der Waals surface area (Å²) in [6.07, 6.45) is 3.01. The molecule has 168 valence electrons. The van der Waals surface area contributed by atoms with Crippen LogP contribution in [0.3, 0.4) is 0 Å². The highest BCUT2D eigenvalue weighted by molar-refractivity contribution is 9.10. The number of likely N-dealkylation sites (tertiary alicyclic amines) is 1. The van der Waals surface area contributed by atoms with Crippen LogP contribution >= 0.6 is 15.9 Å². The molecule has 0 unspecified atom stereocenters. The number of piperidine rings is 1. The fourth-order valence-corrected chi connectivity index (χ4v) is 4.05. The monoisotopic (exact) mass is 504 g/mol. The summed E-state index contributed by atoms with van der Waals surface area (Å²) in [5, 5.41) is 11.7. The zero-order valence-corrected chi connectivity index (χ0v) is 18.8. The lowest BCUT2D eigenvalue weighted by atomic mass is 10.1. The number of aromatic nitrogens is 3. The highest BCUT2D eigenvalue weighted by Gasteiger charge is 2.21. The van der Waals surface area contributed by atoms with Crippen LogP contribution in [0, 0.1) is 0 Å². The number of nitrogens with one attached hydrogen (secondary N) is 3. The molecule has 0 bridgehead atoms. The zero-order chi connectivity index (χ0) is 22.8. The van der Waals surface area contributed by atoms with Crippen LogP contribution in [0.4, 0.5) is 11.5 Å². The standard InChI is InChI=1S/C20H21BrN6O5/c1-11(28)22-18-16(21)17(24-25-18)19(30)23-12-5-6-14-13(9-12)27(20(31)32-14)10-15(29)26-7-3-2-4-8-26/h5-6,9H,2-4,7-8,10H2,1H3,(H,23,30)(H2,22,24,25,28). The Labute approximate surface area is 190 Å². The smallest absolute Gasteiger partial charge is 0.408 e. The number of fused-ring (bicyclic) bond motifs is 1. The fourth-order valence-electron chi connectivity index (χ4n) is 3.59. The first kappa shape index (κ1) is 21.8. The van der Waals surface area contributed by atoms with Crippen molar-refractivity contribution < 1.29 is 18.8 Å². The molecule has 3 N–H and O–H groups in total. The minimum absolute atomic E-state index is 0.110. The van der Waals surface area contributed by atoms with Crippen molar-refractivity contribution in [2.24, 2.45) is 0 Å². The number of carbonyl (C=O) groups excluding carboxylic acids is 3. The minimum atomic E-state index is -0.634. The summed E-state index contributed by atoms with van der Waals surface area (Å²) in [6.45, 7) is 2.57. The zero-order valence-electron chi connectivity index (χ0n) is 17.2. The van der Waals surface area contributed by atoms with E-state index >= 15 is 0 Å². The van der Waals surface area contributed by atoms with Crippen molar-refractivity contribution in [1.82, 2.24) is 19.7 Å². The van der Waals surface area contributed by atoms with Crippen molar-refractivity contribution in [2.45, 2.75) is 32.7 Å². The van der Waals surface area contributed by atoms with Crippen LogP contribution in [0.2, 0.25) is 0 Å². The van der Waals surface area contributed by atoms with Gasteiger partial charge in [0.15, 0.2) is 11.4 Å². The number of aromatic amines is 1. The van der Waals surface area contributed by atoms with Gasteiger partial charge in [0.25, 0.3) is 5.91 Å². The molecule has 0 saturated carbocycles. The highest BCUT2D eigenvalue weighted by Crippen LogP contribution is 2.25. The molecule has 1 fully saturated rings. The predicted octanol–water partition coefficient (Wildman–Crippen LogP) is 2.30. The van der Waals surface area contributed by atoms with E-state index in [1.54, 1.807) is 23.1 Å². The van der Waals surface area contributed by atoms with E-state index in [0.717, 1.165) is 19.3 Å². The molecule has 32 heavy (non-hydrogen) atoms. The Kier molecular flexibility index (Phi) is 6.12. The van der Waals surface area contributed by atoms with E-state index in [1.165, 1.54) is 11.5 Å². The van der Waals surface area contributed by atoms with Gasteiger partial charge in [-0.05, 0) is 53.4 Å². The van der Waals surface area contributed by atoms with Gasteiger partial charge in [0.05, 0.1) is 9.99 Å². The third-order valence-corrected chi connectivity index (χ3v) is 5.93. The van der Waals surface area contributed by atoms with Gasteiger partial charge in [0.1, 0.15) is 12.2 Å². The molecule has 1 aliphatic rings. The molecule has 0 atom stereocenters. The van der Waals surface area contributed by atoms with E-state index in [9.17, 15) is 19.2 Å². The Morgan fingerprint density at radius 2 is 1.94 bits per heavy atom. The Hall–Kier alpha value is -3.41. The molecule has 11 nitrogen and oxygen atoms in total. The van der Waals surface area contributed by atoms with E-state index < -0.39 is 11.7 Å². The van der Waals surface area contributed by atoms with Crippen LogP contribution in [0.5, 0.6) is 0 Å². The fraction of sp³-hybridized carbons (Fsp3) is 0.350. The second kappa shape index (κ2) is 8.99. The number of nitrogens with zero attached hydrogens (tertiary/aromatic N) is 3. The van der Waals surface area contributed by atoms with Crippen LogP contribution < -0.4 is 16.4 Å². The quantitative estimate of drug-likeness (QED) is 0.486. The van der Waals surface area contributed by atoms with E-state index in [4.69, 9.17) is 4.42 Å². The molecule has 3 aromatic rings. The van der Waals surface area contributed by atoms with Crippen molar-refractivity contribution in [3.63, 3.8) is 0 Å². The van der Waals surface area contributed by atoms with Crippen molar-refractivity contribution >= 4 is 56.3 Å². The van der Waals surface area contributed by atoms with Crippen molar-refractivity contribution in [1.29, 1.82) is 0 Å². The Morgan fingerprint density at radius 3 is 2.66 bits per heavy atom. The maximum absolute atomic E-state index is 12.7. The number of hydrogen-bond acceptors (Lipinski definition) is 6. The molecule has 1 aliphatic heterocycles. The number of benzene rings is 1. The van der Waals surface area contributed by atoms with Crippen LogP contribution in [0.1, 0.15) is 36.7 Å². The lowest BCUT2D eigenvalue weighted by Gasteiger charge is -2.26. The first-order valence-corrected chi connectivity index (χ1v) is 10.9. The molecule has 1 aromatic carbocycles. The lowest BCUT2D eigenvalue weighted by molar-refractivity contribution is -0.132. The van der Waals surface area contributed by atoms with Crippen LogP contribution in [0.25, 0.3) is 11.1 Å². The average Bonchev–Trinajstić information content (AvgIpc) is 3.27. The second-order valence-electron chi connectivity index (χ2n) is 7.47. The molecule has 3 amide bonds. The van der Waals surface area contributed by atoms with E-state index in [0.29, 0.717) is 34.3 Å². The summed E-state index contributed by atoms with van der Waals surface area (Å²) in [7, 11) is 0. The predicted molar refractivity (Wildman–Crippen MR) is 119 cm³/mol. The minimum Gasteiger partial charge on any atom is -0.408 e. The van der Waals surface area contributed by atoms with Gasteiger partial charge in [-0.3, -0.25) is 24.0 Å². The van der Waals surface area contributed by atoms with Crippen LogP contribution in [0.15, 0.2) is 31.9 Å². The summed E-state index contributed by atoms with van der Waals surface area (Å²) < 4.78 is 6.82. The summed E-state index contributed by atoms with van der Waals surface area (Å²) in [4.78, 5) is 50.6. The number of halogens is 1. The molecule has 12 heteroatoms. The van der Waals surface area contributed by atoms with Gasteiger partial charge in [0, 0.05) is 25.7 Å². The molecule has 3 heterocycles. The van der Waals surface area contributed by atoms with E-state index in [2.05, 4.69) is 36.8 Å². The first-order valence-electron chi connectivity index (χ1n) is 10.1. The molecular weight excluding hydrogens is 484 g/mol. The van der Waals surface area contributed by atoms with Gasteiger partial charge in [0.2, 0.25) is 11.8 Å². The molecule has 0 aliphatic carbocycles. The molecule has 0 radical (unpaired) electrons. The van der Waals surface area contributed by atoms with Gasteiger partial charge in [-0.25, -0.2) is 4.79 Å². The topological polar surface area (TPSA) is 142 Å². The highest BCUT2D eigenvalue weighted by atomic mass is 79.9. The molecule has 0 spiro atoms. The van der Waals surface area contributed by atoms with Crippen LogP contribution in [-0.4, -0.2) is 50.5 Å². The summed E-state index contributed by atoms with van der Waals surface area (Å²) in [6, 6.07) is 4.71. The maximum atomic E-state index is 12.7. The number of hydrogen-bond donors (Lipinski definition) is 3. The average molecular weight is 505 g/mol. The lowest BCUT2D eigenvalue weighted by Crippen LogP contribution is -2.39. The number of H-pyrrole nitrogens is 1. The van der Waals surface area contributed by atoms with Crippen molar-refractivity contribution in [3.8, 4) is 0 Å². The van der Waals surface area contributed by atoms with Gasteiger partial charge in [-0.15, -0.1) is 0 Å². The first-order chi connectivity index (χ1) is 15.3.